The monoisotopic (exact) mass is 160 g/mol. The molecule has 1 aliphatic heterocycles. The van der Waals surface area contributed by atoms with Crippen LogP contribution < -0.4 is 0 Å². The molecule has 1 aliphatic rings. The van der Waals surface area contributed by atoms with Crippen molar-refractivity contribution in [3.05, 3.63) is 0 Å². The van der Waals surface area contributed by atoms with Gasteiger partial charge in [-0.05, 0) is 0 Å². The summed E-state index contributed by atoms with van der Waals surface area (Å²) in [6.45, 7) is 2.06. The molecule has 4 nitrogen and oxygen atoms in total. The Morgan fingerprint density at radius 2 is 2.45 bits per heavy atom. The lowest BCUT2D eigenvalue weighted by Gasteiger charge is -2.39. The molecular weight excluding hydrogens is 148 g/mol. The minimum Gasteiger partial charge on any atom is -0.463 e. The molecule has 1 saturated heterocycles. The van der Waals surface area contributed by atoms with E-state index in [9.17, 15) is 4.79 Å². The highest BCUT2D eigenvalue weighted by Gasteiger charge is 2.39. The Morgan fingerprint density at radius 3 is 2.73 bits per heavy atom. The molecule has 0 spiro atoms. The third-order valence-corrected chi connectivity index (χ3v) is 1.79. The van der Waals surface area contributed by atoms with Crippen molar-refractivity contribution < 1.29 is 19.4 Å². The number of hydrogen-bond acceptors (Lipinski definition) is 4. The second-order valence-corrected chi connectivity index (χ2v) is 2.72. The third-order valence-electron chi connectivity index (χ3n) is 1.79. The Kier molecular flexibility index (Phi) is 2.46. The normalized spacial score (nSPS) is 29.3. The smallest absolute Gasteiger partial charge is 0.302 e. The van der Waals surface area contributed by atoms with Crippen LogP contribution in [0.3, 0.4) is 0 Å². The average Bonchev–Trinajstić information content (AvgIpc) is 1.86. The molecule has 0 bridgehead atoms. The van der Waals surface area contributed by atoms with Crippen LogP contribution in [-0.2, 0) is 14.3 Å². The predicted octanol–water partition coefficient (Wildman–Crippen LogP) is -0.299. The molecule has 1 atom stereocenters. The number of aliphatic hydroxyl groups is 1. The number of ether oxygens (including phenoxy) is 2. The molecule has 1 rings (SSSR count). The lowest BCUT2D eigenvalue weighted by Crippen LogP contribution is -2.51. The van der Waals surface area contributed by atoms with Crippen LogP contribution in [0.25, 0.3) is 0 Å². The summed E-state index contributed by atoms with van der Waals surface area (Å²) in [7, 11) is 0. The van der Waals surface area contributed by atoms with Gasteiger partial charge in [0.25, 0.3) is 0 Å². The van der Waals surface area contributed by atoms with Crippen molar-refractivity contribution >= 4 is 5.97 Å². The maximum Gasteiger partial charge on any atom is 0.302 e. The van der Waals surface area contributed by atoms with Gasteiger partial charge in [0.1, 0.15) is 12.2 Å². The number of hydrogen-bond donors (Lipinski definition) is 1. The Bertz CT molecular complexity index is 145. The molecule has 0 radical (unpaired) electrons. The molecule has 0 aromatic rings. The molecule has 11 heavy (non-hydrogen) atoms. The highest BCUT2D eigenvalue weighted by atomic mass is 16.6. The molecule has 64 valence electrons. The molecule has 0 aromatic heterocycles. The van der Waals surface area contributed by atoms with E-state index in [0.29, 0.717) is 6.61 Å². The van der Waals surface area contributed by atoms with Crippen molar-refractivity contribution in [2.45, 2.75) is 18.9 Å². The standard InChI is InChI=1S/C7H12O4/c1-6(9)10-5-7(4-8)2-3-11-7/h8H,2-5H2,1H3. The SMILES string of the molecule is CC(=O)OCC1(CO)CCO1. The highest BCUT2D eigenvalue weighted by Crippen LogP contribution is 2.25. The summed E-state index contributed by atoms with van der Waals surface area (Å²) < 4.78 is 9.81. The number of aliphatic hydroxyl groups excluding tert-OH is 1. The van der Waals surface area contributed by atoms with E-state index in [1.807, 2.05) is 0 Å². The van der Waals surface area contributed by atoms with E-state index in [1.165, 1.54) is 6.92 Å². The van der Waals surface area contributed by atoms with Crippen LogP contribution in [0.4, 0.5) is 0 Å². The fourth-order valence-electron chi connectivity index (χ4n) is 0.908. The van der Waals surface area contributed by atoms with Gasteiger partial charge >= 0.3 is 5.97 Å². The summed E-state index contributed by atoms with van der Waals surface area (Å²) >= 11 is 0. The van der Waals surface area contributed by atoms with E-state index in [2.05, 4.69) is 0 Å². The summed E-state index contributed by atoms with van der Waals surface area (Å²) in [6, 6.07) is 0. The van der Waals surface area contributed by atoms with Gasteiger partial charge < -0.3 is 14.6 Å². The zero-order valence-electron chi connectivity index (χ0n) is 6.50. The van der Waals surface area contributed by atoms with E-state index >= 15 is 0 Å². The first-order valence-electron chi connectivity index (χ1n) is 3.57. The molecule has 1 heterocycles. The zero-order chi connectivity index (χ0) is 8.32. The van der Waals surface area contributed by atoms with Gasteiger partial charge in [-0.1, -0.05) is 0 Å². The summed E-state index contributed by atoms with van der Waals surface area (Å²) in [4.78, 5) is 10.4. The fraction of sp³-hybridized carbons (Fsp3) is 0.857. The largest absolute Gasteiger partial charge is 0.463 e. The summed E-state index contributed by atoms with van der Waals surface area (Å²) in [5.74, 6) is -0.340. The Labute approximate surface area is 65.1 Å². The van der Waals surface area contributed by atoms with Crippen molar-refractivity contribution in [1.29, 1.82) is 0 Å². The topological polar surface area (TPSA) is 55.8 Å². The Hall–Kier alpha value is -0.610. The molecular formula is C7H12O4. The van der Waals surface area contributed by atoms with Crippen molar-refractivity contribution in [3.8, 4) is 0 Å². The third kappa shape index (κ3) is 1.91. The second-order valence-electron chi connectivity index (χ2n) is 2.72. The summed E-state index contributed by atoms with van der Waals surface area (Å²) in [5, 5.41) is 8.83. The number of carbonyl (C=O) groups is 1. The van der Waals surface area contributed by atoms with Gasteiger partial charge in [-0.3, -0.25) is 4.79 Å². The molecule has 0 aliphatic carbocycles. The number of carbonyl (C=O) groups excluding carboxylic acids is 1. The summed E-state index contributed by atoms with van der Waals surface area (Å²) in [6.07, 6.45) is 0.761. The van der Waals surface area contributed by atoms with E-state index in [1.54, 1.807) is 0 Å². The van der Waals surface area contributed by atoms with Crippen LogP contribution >= 0.6 is 0 Å². The molecule has 0 amide bonds. The first-order valence-corrected chi connectivity index (χ1v) is 3.57. The average molecular weight is 160 g/mol. The first-order chi connectivity index (χ1) is 5.18. The van der Waals surface area contributed by atoms with Crippen LogP contribution in [-0.4, -0.2) is 36.5 Å². The molecule has 1 unspecified atom stereocenters. The van der Waals surface area contributed by atoms with Crippen LogP contribution in [0, 0.1) is 0 Å². The van der Waals surface area contributed by atoms with Crippen LogP contribution in [0.15, 0.2) is 0 Å². The van der Waals surface area contributed by atoms with Crippen LogP contribution in [0.5, 0.6) is 0 Å². The summed E-state index contributed by atoms with van der Waals surface area (Å²) in [5.41, 5.74) is -0.592. The van der Waals surface area contributed by atoms with Gasteiger partial charge in [-0.15, -0.1) is 0 Å². The van der Waals surface area contributed by atoms with Crippen molar-refractivity contribution in [1.82, 2.24) is 0 Å². The molecule has 0 aromatic carbocycles. The van der Waals surface area contributed by atoms with Gasteiger partial charge in [-0.25, -0.2) is 0 Å². The van der Waals surface area contributed by atoms with E-state index < -0.39 is 5.60 Å². The molecule has 0 saturated carbocycles. The van der Waals surface area contributed by atoms with E-state index in [0.717, 1.165) is 6.42 Å². The Balaban J connectivity index is 2.27. The van der Waals surface area contributed by atoms with Gasteiger partial charge in [0, 0.05) is 13.3 Å². The van der Waals surface area contributed by atoms with E-state index in [-0.39, 0.29) is 19.2 Å². The minimum absolute atomic E-state index is 0.0831. The molecule has 1 N–H and O–H groups in total. The number of esters is 1. The van der Waals surface area contributed by atoms with Crippen molar-refractivity contribution in [2.75, 3.05) is 19.8 Å². The molecule has 1 fully saturated rings. The maximum atomic E-state index is 10.4. The lowest BCUT2D eigenvalue weighted by molar-refractivity contribution is -0.201. The van der Waals surface area contributed by atoms with Crippen molar-refractivity contribution in [3.63, 3.8) is 0 Å². The fourth-order valence-corrected chi connectivity index (χ4v) is 0.908. The van der Waals surface area contributed by atoms with Gasteiger partial charge in [0.2, 0.25) is 0 Å². The van der Waals surface area contributed by atoms with Gasteiger partial charge in [0.05, 0.1) is 13.2 Å². The zero-order valence-corrected chi connectivity index (χ0v) is 6.50. The molecule has 4 heteroatoms. The lowest BCUT2D eigenvalue weighted by atomic mass is 9.97. The minimum atomic E-state index is -0.592. The van der Waals surface area contributed by atoms with Gasteiger partial charge in [-0.2, -0.15) is 0 Å². The van der Waals surface area contributed by atoms with E-state index in [4.69, 9.17) is 14.6 Å². The van der Waals surface area contributed by atoms with Crippen LogP contribution in [0.2, 0.25) is 0 Å². The maximum absolute atomic E-state index is 10.4. The quantitative estimate of drug-likeness (QED) is 0.576. The second kappa shape index (κ2) is 3.19. The first kappa shape index (κ1) is 8.49. The van der Waals surface area contributed by atoms with Gasteiger partial charge in [0.15, 0.2) is 0 Å². The number of rotatable bonds is 3. The van der Waals surface area contributed by atoms with Crippen LogP contribution in [0.1, 0.15) is 13.3 Å². The van der Waals surface area contributed by atoms with Crippen molar-refractivity contribution in [2.24, 2.45) is 0 Å². The highest BCUT2D eigenvalue weighted by molar-refractivity contribution is 5.65. The Morgan fingerprint density at radius 1 is 1.82 bits per heavy atom. The predicted molar refractivity (Wildman–Crippen MR) is 37.0 cm³/mol.